The number of rotatable bonds is 3. The SMILES string of the molecule is CCN1CCC[C@H]1c1nc2c(C(N)=O)cccc2[nH]1. The quantitative estimate of drug-likeness (QED) is 0.881. The van der Waals surface area contributed by atoms with Crippen LogP contribution in [0.4, 0.5) is 0 Å². The molecule has 3 rings (SSSR count). The summed E-state index contributed by atoms with van der Waals surface area (Å²) in [5, 5.41) is 0. The zero-order valence-corrected chi connectivity index (χ0v) is 11.0. The Morgan fingerprint density at radius 1 is 1.58 bits per heavy atom. The lowest BCUT2D eigenvalue weighted by Crippen LogP contribution is -2.23. The van der Waals surface area contributed by atoms with Gasteiger partial charge >= 0.3 is 0 Å². The molecule has 1 atom stereocenters. The number of hydrogen-bond donors (Lipinski definition) is 2. The Morgan fingerprint density at radius 3 is 3.16 bits per heavy atom. The minimum atomic E-state index is -0.428. The number of primary amides is 1. The summed E-state index contributed by atoms with van der Waals surface area (Å²) < 4.78 is 0. The van der Waals surface area contributed by atoms with Gasteiger partial charge in [0.2, 0.25) is 0 Å². The van der Waals surface area contributed by atoms with E-state index >= 15 is 0 Å². The molecule has 0 saturated carbocycles. The second kappa shape index (κ2) is 4.66. The van der Waals surface area contributed by atoms with E-state index in [0.29, 0.717) is 17.1 Å². The van der Waals surface area contributed by atoms with Crippen LogP contribution >= 0.6 is 0 Å². The van der Waals surface area contributed by atoms with E-state index in [2.05, 4.69) is 21.8 Å². The van der Waals surface area contributed by atoms with Crippen LogP contribution in [0.3, 0.4) is 0 Å². The number of amides is 1. The molecule has 0 unspecified atom stereocenters. The number of benzene rings is 1. The van der Waals surface area contributed by atoms with E-state index in [1.54, 1.807) is 6.07 Å². The molecule has 1 fully saturated rings. The fraction of sp³-hybridized carbons (Fsp3) is 0.429. The summed E-state index contributed by atoms with van der Waals surface area (Å²) in [6.07, 6.45) is 2.30. The molecule has 1 aliphatic rings. The zero-order valence-electron chi connectivity index (χ0n) is 11.0. The van der Waals surface area contributed by atoms with Gasteiger partial charge in [-0.2, -0.15) is 0 Å². The van der Waals surface area contributed by atoms with Gasteiger partial charge in [-0.1, -0.05) is 13.0 Å². The maximum atomic E-state index is 11.4. The minimum absolute atomic E-state index is 0.332. The fourth-order valence-electron chi connectivity index (χ4n) is 2.92. The van der Waals surface area contributed by atoms with Crippen molar-refractivity contribution in [1.29, 1.82) is 0 Å². The Hall–Kier alpha value is -1.88. The zero-order chi connectivity index (χ0) is 13.4. The van der Waals surface area contributed by atoms with E-state index in [4.69, 9.17) is 5.73 Å². The molecule has 1 aromatic heterocycles. The van der Waals surface area contributed by atoms with Gasteiger partial charge in [0.15, 0.2) is 0 Å². The van der Waals surface area contributed by atoms with Crippen molar-refractivity contribution >= 4 is 16.9 Å². The summed E-state index contributed by atoms with van der Waals surface area (Å²) in [4.78, 5) is 21.8. The second-order valence-electron chi connectivity index (χ2n) is 4.97. The molecule has 0 aliphatic carbocycles. The molecule has 3 N–H and O–H groups in total. The topological polar surface area (TPSA) is 75.0 Å². The second-order valence-corrected chi connectivity index (χ2v) is 4.97. The third-order valence-corrected chi connectivity index (χ3v) is 3.88. The molecule has 19 heavy (non-hydrogen) atoms. The van der Waals surface area contributed by atoms with Crippen LogP contribution in [0.15, 0.2) is 18.2 Å². The van der Waals surface area contributed by atoms with Crippen molar-refractivity contribution in [3.8, 4) is 0 Å². The van der Waals surface area contributed by atoms with Crippen LogP contribution in [0.25, 0.3) is 11.0 Å². The molecule has 1 amide bonds. The molecular weight excluding hydrogens is 240 g/mol. The molecule has 1 aliphatic heterocycles. The normalized spacial score (nSPS) is 20.2. The van der Waals surface area contributed by atoms with Crippen LogP contribution < -0.4 is 5.73 Å². The molecule has 5 nitrogen and oxygen atoms in total. The molecule has 2 heterocycles. The number of para-hydroxylation sites is 1. The van der Waals surface area contributed by atoms with Gasteiger partial charge in [0, 0.05) is 0 Å². The summed E-state index contributed by atoms with van der Waals surface area (Å²) in [5.41, 5.74) is 7.45. The van der Waals surface area contributed by atoms with Crippen LogP contribution in [0.5, 0.6) is 0 Å². The predicted molar refractivity (Wildman–Crippen MR) is 73.8 cm³/mol. The molecule has 0 spiro atoms. The van der Waals surface area contributed by atoms with Gasteiger partial charge in [-0.15, -0.1) is 0 Å². The van der Waals surface area contributed by atoms with Crippen LogP contribution in [0.1, 0.15) is 42.0 Å². The highest BCUT2D eigenvalue weighted by Crippen LogP contribution is 2.31. The van der Waals surface area contributed by atoms with Crippen LogP contribution in [-0.2, 0) is 0 Å². The van der Waals surface area contributed by atoms with Gasteiger partial charge in [-0.25, -0.2) is 4.98 Å². The Morgan fingerprint density at radius 2 is 2.42 bits per heavy atom. The predicted octanol–water partition coefficient (Wildman–Crippen LogP) is 1.82. The van der Waals surface area contributed by atoms with E-state index in [1.165, 1.54) is 6.42 Å². The van der Waals surface area contributed by atoms with Gasteiger partial charge in [-0.05, 0) is 38.1 Å². The third-order valence-electron chi connectivity index (χ3n) is 3.88. The summed E-state index contributed by atoms with van der Waals surface area (Å²) in [5.74, 6) is 0.519. The van der Waals surface area contributed by atoms with Crippen LogP contribution in [0.2, 0.25) is 0 Å². The summed E-state index contributed by atoms with van der Waals surface area (Å²) >= 11 is 0. The van der Waals surface area contributed by atoms with Crippen molar-refractivity contribution in [1.82, 2.24) is 14.9 Å². The van der Waals surface area contributed by atoms with E-state index in [1.807, 2.05) is 12.1 Å². The Labute approximate surface area is 111 Å². The summed E-state index contributed by atoms with van der Waals surface area (Å²) in [7, 11) is 0. The molecule has 100 valence electrons. The number of hydrogen-bond acceptors (Lipinski definition) is 3. The number of carbonyl (C=O) groups excluding carboxylic acids is 1. The number of likely N-dealkylation sites (tertiary alicyclic amines) is 1. The van der Waals surface area contributed by atoms with Gasteiger partial charge in [-0.3, -0.25) is 9.69 Å². The molecule has 1 saturated heterocycles. The Kier molecular flexibility index (Phi) is 2.98. The average Bonchev–Trinajstić information content (AvgIpc) is 3.03. The number of aromatic amines is 1. The minimum Gasteiger partial charge on any atom is -0.366 e. The molecule has 0 bridgehead atoms. The smallest absolute Gasteiger partial charge is 0.250 e. The first-order chi connectivity index (χ1) is 9.20. The third kappa shape index (κ3) is 2.00. The van der Waals surface area contributed by atoms with Crippen molar-refractivity contribution in [3.05, 3.63) is 29.6 Å². The standard InChI is InChI=1S/C14H18N4O/c1-2-18-8-4-7-11(18)14-16-10-6-3-5-9(13(15)19)12(10)17-14/h3,5-6,11H,2,4,7-8H2,1H3,(H2,15,19)(H,16,17)/t11-/m0/s1. The summed E-state index contributed by atoms with van der Waals surface area (Å²) in [6, 6.07) is 5.82. The van der Waals surface area contributed by atoms with Crippen LogP contribution in [-0.4, -0.2) is 33.9 Å². The largest absolute Gasteiger partial charge is 0.366 e. The Bertz CT molecular complexity index is 619. The fourth-order valence-corrected chi connectivity index (χ4v) is 2.92. The van der Waals surface area contributed by atoms with Crippen molar-refractivity contribution in [2.75, 3.05) is 13.1 Å². The number of fused-ring (bicyclic) bond motifs is 1. The van der Waals surface area contributed by atoms with E-state index < -0.39 is 5.91 Å². The van der Waals surface area contributed by atoms with Gasteiger partial charge in [0.25, 0.3) is 5.91 Å². The van der Waals surface area contributed by atoms with Gasteiger partial charge < -0.3 is 10.7 Å². The molecular formula is C14H18N4O. The van der Waals surface area contributed by atoms with Crippen LogP contribution in [0, 0.1) is 0 Å². The number of nitrogens with one attached hydrogen (secondary N) is 1. The first-order valence-corrected chi connectivity index (χ1v) is 6.73. The number of aromatic nitrogens is 2. The van der Waals surface area contributed by atoms with Gasteiger partial charge in [0.1, 0.15) is 11.3 Å². The number of H-pyrrole nitrogens is 1. The van der Waals surface area contributed by atoms with Crippen molar-refractivity contribution in [2.45, 2.75) is 25.8 Å². The number of nitrogens with two attached hydrogens (primary N) is 1. The van der Waals surface area contributed by atoms with Crippen molar-refractivity contribution in [2.24, 2.45) is 5.73 Å². The highest BCUT2D eigenvalue weighted by atomic mass is 16.1. The van der Waals surface area contributed by atoms with E-state index in [0.717, 1.165) is 30.9 Å². The number of carbonyl (C=O) groups is 1. The lowest BCUT2D eigenvalue weighted by atomic mass is 10.2. The van der Waals surface area contributed by atoms with E-state index in [9.17, 15) is 4.79 Å². The lowest BCUT2D eigenvalue weighted by Gasteiger charge is -2.20. The molecule has 1 aromatic carbocycles. The lowest BCUT2D eigenvalue weighted by molar-refractivity contribution is 0.100. The Balaban J connectivity index is 2.06. The highest BCUT2D eigenvalue weighted by molar-refractivity contribution is 6.04. The number of imidazole rings is 1. The first kappa shape index (κ1) is 12.2. The molecule has 0 radical (unpaired) electrons. The summed E-state index contributed by atoms with van der Waals surface area (Å²) in [6.45, 7) is 4.29. The maximum Gasteiger partial charge on any atom is 0.250 e. The highest BCUT2D eigenvalue weighted by Gasteiger charge is 2.27. The molecule has 2 aromatic rings. The van der Waals surface area contributed by atoms with Gasteiger partial charge in [0.05, 0.1) is 17.1 Å². The monoisotopic (exact) mass is 258 g/mol. The number of nitrogens with zero attached hydrogens (tertiary/aromatic N) is 2. The first-order valence-electron chi connectivity index (χ1n) is 6.73. The average molecular weight is 258 g/mol. The van der Waals surface area contributed by atoms with E-state index in [-0.39, 0.29) is 0 Å². The van der Waals surface area contributed by atoms with Crippen molar-refractivity contribution in [3.63, 3.8) is 0 Å². The molecule has 5 heteroatoms. The maximum absolute atomic E-state index is 11.4. The van der Waals surface area contributed by atoms with Crippen molar-refractivity contribution < 1.29 is 4.79 Å².